The number of carboxylic acids is 1. The van der Waals surface area contributed by atoms with Crippen LogP contribution in [0.1, 0.15) is 51.9 Å². The maximum atomic E-state index is 10.7. The molecule has 1 atom stereocenters. The molecule has 0 aromatic rings. The van der Waals surface area contributed by atoms with Crippen LogP contribution < -0.4 is 0 Å². The first kappa shape index (κ1) is 12.5. The fraction of sp³-hybridized carbons (Fsp3) is 0.933. The number of aliphatic carboxylic acids is 1. The van der Waals surface area contributed by atoms with Gasteiger partial charge in [0.15, 0.2) is 6.10 Å². The molecular formula is C15H24O3. The predicted molar refractivity (Wildman–Crippen MR) is 68.3 cm³/mol. The lowest BCUT2D eigenvalue weighted by Crippen LogP contribution is -2.46. The molecule has 0 aliphatic heterocycles. The van der Waals surface area contributed by atoms with Crippen molar-refractivity contribution < 1.29 is 14.6 Å². The zero-order chi connectivity index (χ0) is 12.8. The highest BCUT2D eigenvalue weighted by Crippen LogP contribution is 2.61. The van der Waals surface area contributed by atoms with Gasteiger partial charge < -0.3 is 9.84 Å². The second-order valence-corrected chi connectivity index (χ2v) is 7.02. The van der Waals surface area contributed by atoms with Gasteiger partial charge in [0.1, 0.15) is 0 Å². The largest absolute Gasteiger partial charge is 0.479 e. The van der Waals surface area contributed by atoms with E-state index in [0.717, 1.165) is 24.2 Å². The third-order valence-electron chi connectivity index (χ3n) is 5.51. The second kappa shape index (κ2) is 4.52. The van der Waals surface area contributed by atoms with Gasteiger partial charge in [0.2, 0.25) is 0 Å². The molecule has 18 heavy (non-hydrogen) atoms. The molecule has 0 heterocycles. The van der Waals surface area contributed by atoms with E-state index in [2.05, 4.69) is 0 Å². The molecule has 0 unspecified atom stereocenters. The lowest BCUT2D eigenvalue weighted by molar-refractivity contribution is -0.150. The Hall–Kier alpha value is -0.570. The maximum absolute atomic E-state index is 10.7. The van der Waals surface area contributed by atoms with Gasteiger partial charge in [0.05, 0.1) is 0 Å². The highest BCUT2D eigenvalue weighted by Gasteiger charge is 2.50. The summed E-state index contributed by atoms with van der Waals surface area (Å²) in [5, 5.41) is 8.82. The Morgan fingerprint density at radius 3 is 2.17 bits per heavy atom. The number of carbonyl (C=O) groups is 1. The van der Waals surface area contributed by atoms with Crippen molar-refractivity contribution in [3.05, 3.63) is 0 Å². The molecule has 4 fully saturated rings. The normalized spacial score (nSPS) is 43.1. The van der Waals surface area contributed by atoms with E-state index in [9.17, 15) is 4.79 Å². The number of rotatable bonds is 5. The van der Waals surface area contributed by atoms with Crippen LogP contribution in [0, 0.1) is 23.2 Å². The van der Waals surface area contributed by atoms with Gasteiger partial charge in [0, 0.05) is 6.61 Å². The molecule has 0 saturated heterocycles. The summed E-state index contributed by atoms with van der Waals surface area (Å²) in [7, 11) is 0. The lowest BCUT2D eigenvalue weighted by atomic mass is 9.49. The van der Waals surface area contributed by atoms with Gasteiger partial charge in [-0.3, -0.25) is 0 Å². The maximum Gasteiger partial charge on any atom is 0.332 e. The minimum absolute atomic E-state index is 0.507. The Labute approximate surface area is 109 Å². The molecule has 4 aliphatic carbocycles. The number of carboxylic acid groups (broad SMARTS) is 1. The summed E-state index contributed by atoms with van der Waals surface area (Å²) in [5.74, 6) is 2.05. The van der Waals surface area contributed by atoms with E-state index < -0.39 is 12.1 Å². The van der Waals surface area contributed by atoms with Crippen molar-refractivity contribution in [3.8, 4) is 0 Å². The van der Waals surface area contributed by atoms with Crippen LogP contribution >= 0.6 is 0 Å². The van der Waals surface area contributed by atoms with Gasteiger partial charge in [-0.05, 0) is 75.0 Å². The first-order valence-corrected chi connectivity index (χ1v) is 7.41. The highest BCUT2D eigenvalue weighted by molar-refractivity contribution is 5.71. The number of ether oxygens (including phenoxy) is 1. The summed E-state index contributed by atoms with van der Waals surface area (Å²) < 4.78 is 5.44. The SMILES string of the molecule is C[C@@H](OCCC12CC3CC(CC(C3)C1)C2)C(=O)O. The molecule has 0 aromatic carbocycles. The van der Waals surface area contributed by atoms with E-state index in [1.54, 1.807) is 6.92 Å². The Bertz CT molecular complexity index is 301. The zero-order valence-corrected chi connectivity index (χ0v) is 11.2. The standard InChI is InChI=1S/C15H24O3/c1-10(14(16)17)18-3-2-15-7-11-4-12(8-15)6-13(5-11)9-15/h10-13H,2-9H2,1H3,(H,16,17)/t10-,11?,12?,13?,15?/m1/s1. The van der Waals surface area contributed by atoms with Crippen molar-refractivity contribution in [2.45, 2.75) is 58.0 Å². The molecule has 3 heteroatoms. The van der Waals surface area contributed by atoms with Crippen molar-refractivity contribution in [1.82, 2.24) is 0 Å². The smallest absolute Gasteiger partial charge is 0.332 e. The number of hydrogen-bond acceptors (Lipinski definition) is 2. The van der Waals surface area contributed by atoms with E-state index >= 15 is 0 Å². The Balaban J connectivity index is 1.54. The van der Waals surface area contributed by atoms with E-state index in [1.165, 1.54) is 38.5 Å². The van der Waals surface area contributed by atoms with Crippen molar-refractivity contribution >= 4 is 5.97 Å². The van der Waals surface area contributed by atoms with Crippen LogP contribution in [0.15, 0.2) is 0 Å². The van der Waals surface area contributed by atoms with E-state index in [1.807, 2.05) is 0 Å². The van der Waals surface area contributed by atoms with Crippen molar-refractivity contribution in [2.24, 2.45) is 23.2 Å². The lowest BCUT2D eigenvalue weighted by Gasteiger charge is -2.57. The molecule has 4 aliphatic rings. The summed E-state index contributed by atoms with van der Waals surface area (Å²) in [6.07, 6.45) is 8.95. The van der Waals surface area contributed by atoms with Crippen LogP contribution in [0.3, 0.4) is 0 Å². The first-order chi connectivity index (χ1) is 8.56. The fourth-order valence-electron chi connectivity index (χ4n) is 5.12. The summed E-state index contributed by atoms with van der Waals surface area (Å²) in [6, 6.07) is 0. The topological polar surface area (TPSA) is 46.5 Å². The van der Waals surface area contributed by atoms with Gasteiger partial charge in [-0.2, -0.15) is 0 Å². The molecule has 0 spiro atoms. The van der Waals surface area contributed by atoms with Crippen molar-refractivity contribution in [3.63, 3.8) is 0 Å². The minimum atomic E-state index is -0.847. The average molecular weight is 252 g/mol. The molecule has 102 valence electrons. The third-order valence-corrected chi connectivity index (χ3v) is 5.51. The average Bonchev–Trinajstić information content (AvgIpc) is 2.26. The van der Waals surface area contributed by atoms with Gasteiger partial charge in [-0.15, -0.1) is 0 Å². The quantitative estimate of drug-likeness (QED) is 0.818. The molecule has 3 nitrogen and oxygen atoms in total. The molecule has 4 saturated carbocycles. The first-order valence-electron chi connectivity index (χ1n) is 7.41. The summed E-state index contributed by atoms with van der Waals surface area (Å²) >= 11 is 0. The van der Waals surface area contributed by atoms with Crippen LogP contribution in [-0.2, 0) is 9.53 Å². The summed E-state index contributed by atoms with van der Waals surface area (Å²) in [5.41, 5.74) is 0.507. The summed E-state index contributed by atoms with van der Waals surface area (Å²) in [6.45, 7) is 2.25. The molecular weight excluding hydrogens is 228 g/mol. The Morgan fingerprint density at radius 1 is 1.22 bits per heavy atom. The van der Waals surface area contributed by atoms with Crippen LogP contribution in [0.25, 0.3) is 0 Å². The van der Waals surface area contributed by atoms with E-state index in [-0.39, 0.29) is 0 Å². The zero-order valence-electron chi connectivity index (χ0n) is 11.2. The Morgan fingerprint density at radius 2 is 1.72 bits per heavy atom. The molecule has 4 rings (SSSR count). The predicted octanol–water partition coefficient (Wildman–Crippen LogP) is 3.08. The minimum Gasteiger partial charge on any atom is -0.479 e. The van der Waals surface area contributed by atoms with E-state index in [0.29, 0.717) is 12.0 Å². The third kappa shape index (κ3) is 2.29. The van der Waals surface area contributed by atoms with Gasteiger partial charge in [-0.25, -0.2) is 4.79 Å². The molecule has 0 amide bonds. The molecule has 0 aromatic heterocycles. The van der Waals surface area contributed by atoms with Gasteiger partial charge >= 0.3 is 5.97 Å². The van der Waals surface area contributed by atoms with Crippen molar-refractivity contribution in [1.29, 1.82) is 0 Å². The fourth-order valence-corrected chi connectivity index (χ4v) is 5.12. The molecule has 1 N–H and O–H groups in total. The van der Waals surface area contributed by atoms with Crippen LogP contribution in [0.5, 0.6) is 0 Å². The summed E-state index contributed by atoms with van der Waals surface area (Å²) in [4.78, 5) is 10.7. The van der Waals surface area contributed by atoms with Crippen LogP contribution in [-0.4, -0.2) is 23.8 Å². The van der Waals surface area contributed by atoms with Crippen LogP contribution in [0.2, 0.25) is 0 Å². The monoisotopic (exact) mass is 252 g/mol. The molecule has 4 bridgehead atoms. The van der Waals surface area contributed by atoms with Gasteiger partial charge in [0.25, 0.3) is 0 Å². The molecule has 0 radical (unpaired) electrons. The Kier molecular flexibility index (Phi) is 3.13. The highest BCUT2D eigenvalue weighted by atomic mass is 16.5. The number of hydrogen-bond donors (Lipinski definition) is 1. The second-order valence-electron chi connectivity index (χ2n) is 7.02. The van der Waals surface area contributed by atoms with Crippen LogP contribution in [0.4, 0.5) is 0 Å². The van der Waals surface area contributed by atoms with E-state index in [4.69, 9.17) is 9.84 Å². The van der Waals surface area contributed by atoms with Crippen molar-refractivity contribution in [2.75, 3.05) is 6.61 Å². The van der Waals surface area contributed by atoms with Gasteiger partial charge in [-0.1, -0.05) is 0 Å².